The van der Waals surface area contributed by atoms with Gasteiger partial charge < -0.3 is 9.47 Å². The molecule has 0 saturated carbocycles. The monoisotopic (exact) mass is 296 g/mol. The summed E-state index contributed by atoms with van der Waals surface area (Å²) in [7, 11) is 0. The molecule has 0 atom stereocenters. The summed E-state index contributed by atoms with van der Waals surface area (Å²) in [5.74, 6) is 1.28. The summed E-state index contributed by atoms with van der Waals surface area (Å²) in [6.45, 7) is 5.49. The lowest BCUT2D eigenvalue weighted by molar-refractivity contribution is 0.305. The smallest absolute Gasteiger partial charge is 0.213 e. The lowest BCUT2D eigenvalue weighted by Gasteiger charge is -2.08. The van der Waals surface area contributed by atoms with Crippen LogP contribution in [0.5, 0.6) is 11.8 Å². The number of aromatic nitrogens is 2. The molecule has 4 nitrogen and oxygen atoms in total. The van der Waals surface area contributed by atoms with Gasteiger partial charge in [0.15, 0.2) is 0 Å². The predicted octanol–water partition coefficient (Wildman–Crippen LogP) is 4.36. The van der Waals surface area contributed by atoms with Crippen LogP contribution < -0.4 is 9.47 Å². The molecule has 0 aliphatic rings. The van der Waals surface area contributed by atoms with Gasteiger partial charge in [-0.15, -0.1) is 0 Å². The van der Waals surface area contributed by atoms with Crippen LogP contribution in [0.25, 0.3) is 21.8 Å². The van der Waals surface area contributed by atoms with Crippen LogP contribution in [0.15, 0.2) is 36.4 Å². The van der Waals surface area contributed by atoms with Crippen LogP contribution in [-0.4, -0.2) is 23.2 Å². The normalized spacial score (nSPS) is 11.0. The molecule has 0 aliphatic heterocycles. The number of benzene rings is 1. The van der Waals surface area contributed by atoms with Crippen molar-refractivity contribution in [3.8, 4) is 11.8 Å². The van der Waals surface area contributed by atoms with Crippen molar-refractivity contribution in [2.45, 2.75) is 26.7 Å². The molecule has 0 bridgehead atoms. The molecule has 0 unspecified atom stereocenters. The number of pyridine rings is 2. The molecule has 0 saturated heterocycles. The molecule has 0 aliphatic carbocycles. The Morgan fingerprint density at radius 1 is 0.682 bits per heavy atom. The first-order valence-electron chi connectivity index (χ1n) is 7.78. The zero-order valence-corrected chi connectivity index (χ0v) is 13.0. The molecule has 1 aromatic carbocycles. The topological polar surface area (TPSA) is 44.2 Å². The number of nitrogens with zero attached hydrogens (tertiary/aromatic N) is 2. The molecule has 2 heterocycles. The summed E-state index contributed by atoms with van der Waals surface area (Å²) >= 11 is 0. The summed E-state index contributed by atoms with van der Waals surface area (Å²) in [6, 6.07) is 12.0. The van der Waals surface area contributed by atoms with Crippen LogP contribution >= 0.6 is 0 Å². The zero-order chi connectivity index (χ0) is 15.4. The number of hydrogen-bond donors (Lipinski definition) is 0. The van der Waals surface area contributed by atoms with Crippen molar-refractivity contribution < 1.29 is 9.47 Å². The highest BCUT2D eigenvalue weighted by Gasteiger charge is 2.07. The van der Waals surface area contributed by atoms with Crippen molar-refractivity contribution in [2.75, 3.05) is 13.2 Å². The first-order chi connectivity index (χ1) is 10.8. The van der Waals surface area contributed by atoms with Gasteiger partial charge in [-0.05, 0) is 25.0 Å². The van der Waals surface area contributed by atoms with E-state index in [2.05, 4.69) is 35.9 Å². The van der Waals surface area contributed by atoms with Crippen molar-refractivity contribution in [3.05, 3.63) is 36.4 Å². The lowest BCUT2D eigenvalue weighted by atomic mass is 10.1. The first-order valence-corrected chi connectivity index (χ1v) is 7.78. The van der Waals surface area contributed by atoms with E-state index in [1.807, 2.05) is 24.3 Å². The molecule has 0 amide bonds. The minimum Gasteiger partial charge on any atom is -0.478 e. The Balaban J connectivity index is 2.09. The van der Waals surface area contributed by atoms with E-state index >= 15 is 0 Å². The zero-order valence-electron chi connectivity index (χ0n) is 13.0. The van der Waals surface area contributed by atoms with Crippen LogP contribution in [0.3, 0.4) is 0 Å². The maximum atomic E-state index is 5.64. The van der Waals surface area contributed by atoms with Crippen molar-refractivity contribution >= 4 is 21.8 Å². The summed E-state index contributed by atoms with van der Waals surface area (Å²) in [5, 5.41) is 2.10. The third kappa shape index (κ3) is 2.96. The quantitative estimate of drug-likeness (QED) is 0.634. The maximum absolute atomic E-state index is 5.64. The van der Waals surface area contributed by atoms with E-state index in [9.17, 15) is 0 Å². The van der Waals surface area contributed by atoms with Gasteiger partial charge in [0.25, 0.3) is 0 Å². The average Bonchev–Trinajstić information content (AvgIpc) is 2.57. The first kappa shape index (κ1) is 14.6. The van der Waals surface area contributed by atoms with Gasteiger partial charge in [0.05, 0.1) is 13.2 Å². The fourth-order valence-electron chi connectivity index (χ4n) is 2.31. The van der Waals surface area contributed by atoms with Crippen molar-refractivity contribution in [1.82, 2.24) is 9.97 Å². The highest BCUT2D eigenvalue weighted by molar-refractivity contribution is 6.03. The van der Waals surface area contributed by atoms with Crippen molar-refractivity contribution in [2.24, 2.45) is 0 Å². The van der Waals surface area contributed by atoms with Crippen LogP contribution in [0.1, 0.15) is 26.7 Å². The Morgan fingerprint density at radius 3 is 1.50 bits per heavy atom. The SMILES string of the molecule is CCCOc1ccc2ccc3ccc(OCCC)nc3c2n1. The average molecular weight is 296 g/mol. The van der Waals surface area contributed by atoms with Gasteiger partial charge in [-0.1, -0.05) is 26.0 Å². The van der Waals surface area contributed by atoms with E-state index in [1.54, 1.807) is 0 Å². The second-order valence-electron chi connectivity index (χ2n) is 5.20. The minimum atomic E-state index is 0.642. The van der Waals surface area contributed by atoms with Gasteiger partial charge in [0.2, 0.25) is 11.8 Å². The van der Waals surface area contributed by atoms with Crippen molar-refractivity contribution in [3.63, 3.8) is 0 Å². The molecular weight excluding hydrogens is 276 g/mol. The molecule has 114 valence electrons. The Labute approximate surface area is 130 Å². The van der Waals surface area contributed by atoms with Gasteiger partial charge >= 0.3 is 0 Å². The molecule has 0 spiro atoms. The number of rotatable bonds is 6. The molecule has 0 radical (unpaired) electrons. The van der Waals surface area contributed by atoms with E-state index in [0.717, 1.165) is 34.6 Å². The third-order valence-corrected chi connectivity index (χ3v) is 3.38. The third-order valence-electron chi connectivity index (χ3n) is 3.38. The van der Waals surface area contributed by atoms with Crippen LogP contribution in [-0.2, 0) is 0 Å². The molecule has 3 rings (SSSR count). The van der Waals surface area contributed by atoms with Crippen LogP contribution in [0.2, 0.25) is 0 Å². The Bertz CT molecular complexity index is 720. The van der Waals surface area contributed by atoms with E-state index in [1.165, 1.54) is 0 Å². The van der Waals surface area contributed by atoms with E-state index in [-0.39, 0.29) is 0 Å². The summed E-state index contributed by atoms with van der Waals surface area (Å²) in [6.07, 6.45) is 1.92. The van der Waals surface area contributed by atoms with Gasteiger partial charge in [-0.3, -0.25) is 0 Å². The van der Waals surface area contributed by atoms with Crippen molar-refractivity contribution in [1.29, 1.82) is 0 Å². The molecule has 2 aromatic heterocycles. The number of hydrogen-bond acceptors (Lipinski definition) is 4. The standard InChI is InChI=1S/C18H20N2O2/c1-3-11-21-15-9-7-13-5-6-14-8-10-16(22-12-4-2)20-18(14)17(13)19-15/h5-10H,3-4,11-12H2,1-2H3. The molecule has 0 N–H and O–H groups in total. The number of fused-ring (bicyclic) bond motifs is 3. The van der Waals surface area contributed by atoms with E-state index in [0.29, 0.717) is 25.0 Å². The Morgan fingerprint density at radius 2 is 1.09 bits per heavy atom. The minimum absolute atomic E-state index is 0.642. The van der Waals surface area contributed by atoms with Gasteiger partial charge in [-0.25, -0.2) is 9.97 Å². The van der Waals surface area contributed by atoms with Gasteiger partial charge in [0, 0.05) is 22.9 Å². The van der Waals surface area contributed by atoms with Gasteiger partial charge in [0.1, 0.15) is 11.0 Å². The fourth-order valence-corrected chi connectivity index (χ4v) is 2.31. The molecule has 4 heteroatoms. The van der Waals surface area contributed by atoms with E-state index in [4.69, 9.17) is 9.47 Å². The van der Waals surface area contributed by atoms with Crippen LogP contribution in [0, 0.1) is 0 Å². The van der Waals surface area contributed by atoms with Gasteiger partial charge in [-0.2, -0.15) is 0 Å². The fraction of sp³-hybridized carbons (Fsp3) is 0.333. The summed E-state index contributed by atoms with van der Waals surface area (Å²) < 4.78 is 11.3. The molecule has 22 heavy (non-hydrogen) atoms. The maximum Gasteiger partial charge on any atom is 0.213 e. The Hall–Kier alpha value is -2.36. The second kappa shape index (κ2) is 6.60. The van der Waals surface area contributed by atoms with Crippen LogP contribution in [0.4, 0.5) is 0 Å². The number of ether oxygens (including phenoxy) is 2. The predicted molar refractivity (Wildman–Crippen MR) is 88.6 cm³/mol. The summed E-state index contributed by atoms with van der Waals surface area (Å²) in [5.41, 5.74) is 1.71. The second-order valence-corrected chi connectivity index (χ2v) is 5.20. The largest absolute Gasteiger partial charge is 0.478 e. The highest BCUT2D eigenvalue weighted by atomic mass is 16.5. The Kier molecular flexibility index (Phi) is 4.37. The summed E-state index contributed by atoms with van der Waals surface area (Å²) in [4.78, 5) is 9.24. The lowest BCUT2D eigenvalue weighted by Crippen LogP contribution is -1.99. The highest BCUT2D eigenvalue weighted by Crippen LogP contribution is 2.26. The van der Waals surface area contributed by atoms with E-state index < -0.39 is 0 Å². The molecule has 3 aromatic rings. The molecular formula is C18H20N2O2. The molecule has 0 fully saturated rings.